The number of hydrogen-bond acceptors (Lipinski definition) is 4. The molecule has 0 saturated carbocycles. The van der Waals surface area contributed by atoms with Gasteiger partial charge in [-0.25, -0.2) is 5.84 Å². The van der Waals surface area contributed by atoms with Gasteiger partial charge in [0.05, 0.1) is 11.9 Å². The summed E-state index contributed by atoms with van der Waals surface area (Å²) in [5.41, 5.74) is -0.114. The smallest absolute Gasteiger partial charge is 0.0963 e. The number of nitrogens with two attached hydrogens (primary N) is 1. The maximum absolute atomic E-state index is 12.1. The van der Waals surface area contributed by atoms with Crippen LogP contribution in [0.15, 0.2) is 0 Å². The van der Waals surface area contributed by atoms with E-state index >= 15 is 0 Å². The highest BCUT2D eigenvalue weighted by Crippen LogP contribution is 2.24. The fourth-order valence-electron chi connectivity index (χ4n) is 1.93. The van der Waals surface area contributed by atoms with Gasteiger partial charge < -0.3 is 0 Å². The van der Waals surface area contributed by atoms with Crippen LogP contribution in [0.2, 0.25) is 0 Å². The highest BCUT2D eigenvalue weighted by atomic mass is 32.2. The zero-order valence-electron chi connectivity index (χ0n) is 17.4. The molecule has 0 bridgehead atoms. The second kappa shape index (κ2) is 13.9. The SMILES string of the molecule is CC.CCC(C)(C)CCS(=O)CCS(=O)CCC(C)(CC)N(N)C=N. The summed E-state index contributed by atoms with van der Waals surface area (Å²) in [7, 11) is -1.87. The summed E-state index contributed by atoms with van der Waals surface area (Å²) < 4.78 is 24.2. The van der Waals surface area contributed by atoms with E-state index < -0.39 is 21.6 Å². The fraction of sp³-hybridized carbons (Fsp3) is 0.944. The highest BCUT2D eigenvalue weighted by molar-refractivity contribution is 7.88. The van der Waals surface area contributed by atoms with Gasteiger partial charge in [0.15, 0.2) is 0 Å². The molecule has 0 aliphatic rings. The lowest BCUT2D eigenvalue weighted by atomic mass is 9.87. The monoisotopic (exact) mass is 395 g/mol. The first-order valence-electron chi connectivity index (χ1n) is 9.35. The Morgan fingerprint density at radius 3 is 1.72 bits per heavy atom. The van der Waals surface area contributed by atoms with Crippen molar-refractivity contribution in [3.8, 4) is 0 Å². The second-order valence-electron chi connectivity index (χ2n) is 7.10. The molecule has 0 aliphatic carbocycles. The lowest BCUT2D eigenvalue weighted by Gasteiger charge is -2.35. The minimum absolute atomic E-state index is 0.231. The second-order valence-corrected chi connectivity index (χ2v) is 10.5. The van der Waals surface area contributed by atoms with Crippen LogP contribution in [0, 0.1) is 10.8 Å². The van der Waals surface area contributed by atoms with E-state index in [4.69, 9.17) is 11.3 Å². The van der Waals surface area contributed by atoms with Crippen LogP contribution in [0.5, 0.6) is 0 Å². The lowest BCUT2D eigenvalue weighted by molar-refractivity contribution is 0.188. The Balaban J connectivity index is 0. The molecule has 0 spiro atoms. The third kappa shape index (κ3) is 11.9. The van der Waals surface area contributed by atoms with Gasteiger partial charge in [0.1, 0.15) is 0 Å². The molecule has 0 fully saturated rings. The van der Waals surface area contributed by atoms with Crippen LogP contribution in [0.1, 0.15) is 74.1 Å². The number of nitrogens with one attached hydrogen (secondary N) is 1. The predicted octanol–water partition coefficient (Wildman–Crippen LogP) is 3.68. The molecular formula is C18H41N3O2S2. The predicted molar refractivity (Wildman–Crippen MR) is 114 cm³/mol. The van der Waals surface area contributed by atoms with E-state index in [1.165, 1.54) is 5.01 Å². The summed E-state index contributed by atoms with van der Waals surface area (Å²) >= 11 is 0. The average Bonchev–Trinajstić information content (AvgIpc) is 2.63. The van der Waals surface area contributed by atoms with Crippen molar-refractivity contribution in [1.82, 2.24) is 5.01 Å². The highest BCUT2D eigenvalue weighted by Gasteiger charge is 2.27. The number of hydrogen-bond donors (Lipinski definition) is 2. The van der Waals surface area contributed by atoms with Crippen LogP contribution in [0.4, 0.5) is 0 Å². The van der Waals surface area contributed by atoms with E-state index in [0.29, 0.717) is 29.4 Å². The molecule has 7 heteroatoms. The maximum Gasteiger partial charge on any atom is 0.0963 e. The first kappa shape index (κ1) is 27.0. The van der Waals surface area contributed by atoms with E-state index in [-0.39, 0.29) is 11.0 Å². The molecule has 3 N–H and O–H groups in total. The Morgan fingerprint density at radius 1 is 0.920 bits per heavy atom. The van der Waals surface area contributed by atoms with Crippen molar-refractivity contribution in [2.75, 3.05) is 23.0 Å². The Morgan fingerprint density at radius 2 is 1.36 bits per heavy atom. The van der Waals surface area contributed by atoms with Crippen LogP contribution in [-0.4, -0.2) is 48.3 Å². The molecule has 5 nitrogen and oxygen atoms in total. The molecule has 0 aliphatic heterocycles. The van der Waals surface area contributed by atoms with Crippen molar-refractivity contribution in [1.29, 1.82) is 5.41 Å². The summed E-state index contributed by atoms with van der Waals surface area (Å²) in [6, 6.07) is 0. The molecule has 25 heavy (non-hydrogen) atoms. The minimum atomic E-state index is -0.984. The molecule has 0 rings (SSSR count). The molecule has 0 aromatic rings. The molecule has 0 amide bonds. The minimum Gasteiger partial charge on any atom is -0.296 e. The van der Waals surface area contributed by atoms with Crippen molar-refractivity contribution in [2.24, 2.45) is 11.3 Å². The van der Waals surface area contributed by atoms with Crippen molar-refractivity contribution in [2.45, 2.75) is 79.7 Å². The van der Waals surface area contributed by atoms with Gasteiger partial charge in [0.2, 0.25) is 0 Å². The van der Waals surface area contributed by atoms with Crippen molar-refractivity contribution >= 4 is 27.9 Å². The van der Waals surface area contributed by atoms with Gasteiger partial charge >= 0.3 is 0 Å². The van der Waals surface area contributed by atoms with Gasteiger partial charge in [0.25, 0.3) is 0 Å². The number of rotatable bonds is 13. The van der Waals surface area contributed by atoms with E-state index in [0.717, 1.165) is 25.6 Å². The van der Waals surface area contributed by atoms with Crippen LogP contribution in [-0.2, 0) is 21.6 Å². The van der Waals surface area contributed by atoms with E-state index in [9.17, 15) is 8.42 Å². The standard InChI is InChI=1S/C16H35N3O2S2.C2H6/c1-6-15(3,4)8-10-22(20)12-13-23(21)11-9-16(5,7-2)19(18)14-17;1-2/h14,17H,6-13,18H2,1-5H3;1-2H3. The number of nitrogens with zero attached hydrogens (tertiary/aromatic N) is 1. The van der Waals surface area contributed by atoms with Gasteiger partial charge in [-0.1, -0.05) is 48.0 Å². The van der Waals surface area contributed by atoms with Crippen LogP contribution < -0.4 is 5.84 Å². The van der Waals surface area contributed by atoms with Crippen LogP contribution in [0.3, 0.4) is 0 Å². The Labute approximate surface area is 160 Å². The third-order valence-corrected chi connectivity index (χ3v) is 7.79. The van der Waals surface area contributed by atoms with E-state index in [1.54, 1.807) is 0 Å². The molecule has 152 valence electrons. The molecule has 0 aromatic carbocycles. The topological polar surface area (TPSA) is 87.2 Å². The largest absolute Gasteiger partial charge is 0.296 e. The van der Waals surface area contributed by atoms with Gasteiger partial charge in [0, 0.05) is 44.6 Å². The van der Waals surface area contributed by atoms with Crippen LogP contribution >= 0.6 is 0 Å². The zero-order chi connectivity index (χ0) is 20.1. The van der Waals surface area contributed by atoms with Gasteiger partial charge in [-0.3, -0.25) is 18.8 Å². The Hall–Kier alpha value is -0.270. The molecule has 3 unspecified atom stereocenters. The Bertz CT molecular complexity index is 417. The molecule has 0 heterocycles. The Kier molecular flexibility index (Phi) is 15.0. The summed E-state index contributed by atoms with van der Waals surface area (Å²) in [4.78, 5) is 0. The molecular weight excluding hydrogens is 354 g/mol. The summed E-state index contributed by atoms with van der Waals surface area (Å²) in [5.74, 6) is 8.01. The summed E-state index contributed by atoms with van der Waals surface area (Å²) in [6.07, 6.45) is 4.58. The van der Waals surface area contributed by atoms with Crippen molar-refractivity contribution in [3.05, 3.63) is 0 Å². The van der Waals surface area contributed by atoms with Crippen molar-refractivity contribution < 1.29 is 8.42 Å². The molecule has 0 radical (unpaired) electrons. The third-order valence-electron chi connectivity index (χ3n) is 4.89. The van der Waals surface area contributed by atoms with Gasteiger partial charge in [-0.05, 0) is 31.6 Å². The summed E-state index contributed by atoms with van der Waals surface area (Å²) in [5, 5.41) is 8.65. The quantitative estimate of drug-likeness (QED) is 0.215. The van der Waals surface area contributed by atoms with Crippen molar-refractivity contribution in [3.63, 3.8) is 0 Å². The first-order valence-corrected chi connectivity index (χ1v) is 12.3. The number of hydrazine groups is 1. The molecule has 3 atom stereocenters. The fourth-order valence-corrected chi connectivity index (χ4v) is 5.28. The summed E-state index contributed by atoms with van der Waals surface area (Å²) in [6.45, 7) is 14.5. The normalized spacial score (nSPS) is 16.2. The zero-order valence-corrected chi connectivity index (χ0v) is 19.0. The average molecular weight is 396 g/mol. The van der Waals surface area contributed by atoms with Gasteiger partial charge in [-0.2, -0.15) is 0 Å². The lowest BCUT2D eigenvalue weighted by Crippen LogP contribution is -2.50. The van der Waals surface area contributed by atoms with E-state index in [1.807, 2.05) is 27.7 Å². The maximum atomic E-state index is 12.1. The van der Waals surface area contributed by atoms with Crippen LogP contribution in [0.25, 0.3) is 0 Å². The molecule has 0 aromatic heterocycles. The first-order chi connectivity index (χ1) is 11.6. The van der Waals surface area contributed by atoms with Gasteiger partial charge in [-0.15, -0.1) is 0 Å². The molecule has 0 saturated heterocycles. The van der Waals surface area contributed by atoms with E-state index in [2.05, 4.69) is 20.8 Å².